The van der Waals surface area contributed by atoms with Crippen molar-refractivity contribution in [3.63, 3.8) is 0 Å². The highest BCUT2D eigenvalue weighted by molar-refractivity contribution is 5.89. The fourth-order valence-corrected chi connectivity index (χ4v) is 2.33. The normalized spacial score (nSPS) is 18.6. The van der Waals surface area contributed by atoms with Crippen molar-refractivity contribution in [2.45, 2.75) is 38.8 Å². The van der Waals surface area contributed by atoms with Crippen molar-refractivity contribution in [1.29, 1.82) is 0 Å². The zero-order valence-electron chi connectivity index (χ0n) is 13.7. The molecule has 1 atom stereocenters. The number of carbonyl (C=O) groups is 2. The van der Waals surface area contributed by atoms with Crippen LogP contribution in [0.1, 0.15) is 26.3 Å². The number of nitrogens with two attached hydrogens (primary N) is 1. The summed E-state index contributed by atoms with van der Waals surface area (Å²) >= 11 is 0. The van der Waals surface area contributed by atoms with Gasteiger partial charge in [0.2, 0.25) is 0 Å². The van der Waals surface area contributed by atoms with E-state index in [9.17, 15) is 9.59 Å². The first-order valence-electron chi connectivity index (χ1n) is 7.57. The second kappa shape index (κ2) is 6.95. The lowest BCUT2D eigenvalue weighted by Crippen LogP contribution is -2.54. The number of aromatic nitrogens is 1. The number of ether oxygens (including phenoxy) is 2. The first kappa shape index (κ1) is 17.2. The van der Waals surface area contributed by atoms with Crippen LogP contribution in [0.15, 0.2) is 18.3 Å². The summed E-state index contributed by atoms with van der Waals surface area (Å²) < 4.78 is 10.7. The summed E-state index contributed by atoms with van der Waals surface area (Å²) in [4.78, 5) is 30.2. The number of hydrogen-bond donors (Lipinski definition) is 1. The number of pyridine rings is 1. The Labute approximate surface area is 135 Å². The highest BCUT2D eigenvalue weighted by atomic mass is 16.6. The van der Waals surface area contributed by atoms with Crippen LogP contribution in [0.2, 0.25) is 0 Å². The Bertz CT molecular complexity index is 583. The fourth-order valence-electron chi connectivity index (χ4n) is 2.33. The monoisotopic (exact) mass is 321 g/mol. The van der Waals surface area contributed by atoms with Gasteiger partial charge in [0.05, 0.1) is 13.2 Å². The van der Waals surface area contributed by atoms with Gasteiger partial charge in [-0.15, -0.1) is 0 Å². The van der Waals surface area contributed by atoms with Crippen molar-refractivity contribution in [2.24, 2.45) is 0 Å². The van der Waals surface area contributed by atoms with E-state index in [2.05, 4.69) is 4.98 Å². The standard InChI is InChI=1S/C16H23N3O4/c1-16(2,3)23-15(21)19-6-7-22-10-12(19)13(20)8-11-4-5-18-14(17)9-11/h4-5,9,12H,6-8,10H2,1-3H3,(H2,17,18). The quantitative estimate of drug-likeness (QED) is 0.904. The van der Waals surface area contributed by atoms with E-state index in [1.807, 2.05) is 0 Å². The Hall–Kier alpha value is -2.15. The van der Waals surface area contributed by atoms with Gasteiger partial charge >= 0.3 is 6.09 Å². The number of ketones is 1. The molecule has 1 saturated heterocycles. The van der Waals surface area contributed by atoms with Crippen LogP contribution in [0.4, 0.5) is 10.6 Å². The van der Waals surface area contributed by atoms with Gasteiger partial charge in [-0.2, -0.15) is 0 Å². The first-order chi connectivity index (χ1) is 10.8. The van der Waals surface area contributed by atoms with Gasteiger partial charge in [-0.1, -0.05) is 0 Å². The molecule has 1 aromatic rings. The van der Waals surface area contributed by atoms with Gasteiger partial charge in [0, 0.05) is 19.2 Å². The second-order valence-corrected chi connectivity index (χ2v) is 6.50. The minimum Gasteiger partial charge on any atom is -0.444 e. The molecule has 1 fully saturated rings. The highest BCUT2D eigenvalue weighted by Crippen LogP contribution is 2.17. The molecule has 2 rings (SSSR count). The summed E-state index contributed by atoms with van der Waals surface area (Å²) in [5, 5.41) is 0. The van der Waals surface area contributed by atoms with Crippen molar-refractivity contribution in [1.82, 2.24) is 9.88 Å². The van der Waals surface area contributed by atoms with E-state index in [0.717, 1.165) is 5.56 Å². The van der Waals surface area contributed by atoms with E-state index < -0.39 is 17.7 Å². The minimum atomic E-state index is -0.645. The molecule has 126 valence electrons. The molecule has 0 bridgehead atoms. The average Bonchev–Trinajstić information content (AvgIpc) is 2.45. The summed E-state index contributed by atoms with van der Waals surface area (Å²) in [5.41, 5.74) is 5.78. The Morgan fingerprint density at radius 3 is 2.87 bits per heavy atom. The SMILES string of the molecule is CC(C)(C)OC(=O)N1CCOCC1C(=O)Cc1ccnc(N)c1. The summed E-state index contributed by atoms with van der Waals surface area (Å²) in [6.45, 7) is 6.29. The van der Waals surface area contributed by atoms with Crippen LogP contribution >= 0.6 is 0 Å². The molecule has 1 aliphatic heterocycles. The number of hydrogen-bond acceptors (Lipinski definition) is 6. The smallest absolute Gasteiger partial charge is 0.411 e. The van der Waals surface area contributed by atoms with Crippen LogP contribution in [0.3, 0.4) is 0 Å². The number of carbonyl (C=O) groups excluding carboxylic acids is 2. The van der Waals surface area contributed by atoms with Gasteiger partial charge in [0.1, 0.15) is 17.5 Å². The van der Waals surface area contributed by atoms with Crippen molar-refractivity contribution >= 4 is 17.7 Å². The van der Waals surface area contributed by atoms with Crippen molar-refractivity contribution in [3.8, 4) is 0 Å². The Balaban J connectivity index is 2.08. The second-order valence-electron chi connectivity index (χ2n) is 6.50. The lowest BCUT2D eigenvalue weighted by atomic mass is 10.0. The Morgan fingerprint density at radius 2 is 2.22 bits per heavy atom. The Morgan fingerprint density at radius 1 is 1.48 bits per heavy atom. The first-order valence-corrected chi connectivity index (χ1v) is 7.57. The van der Waals surface area contributed by atoms with Gasteiger partial charge in [-0.25, -0.2) is 9.78 Å². The maximum atomic E-state index is 12.6. The maximum Gasteiger partial charge on any atom is 0.411 e. The third-order valence-electron chi connectivity index (χ3n) is 3.35. The van der Waals surface area contributed by atoms with Crippen LogP contribution in [-0.4, -0.2) is 53.2 Å². The fraction of sp³-hybridized carbons (Fsp3) is 0.562. The molecule has 7 nitrogen and oxygen atoms in total. The van der Waals surface area contributed by atoms with Crippen molar-refractivity contribution < 1.29 is 19.1 Å². The van der Waals surface area contributed by atoms with E-state index in [0.29, 0.717) is 19.0 Å². The Kier molecular flexibility index (Phi) is 5.20. The lowest BCUT2D eigenvalue weighted by molar-refractivity contribution is -0.129. The molecule has 7 heteroatoms. The lowest BCUT2D eigenvalue weighted by Gasteiger charge is -2.35. The van der Waals surface area contributed by atoms with E-state index in [4.69, 9.17) is 15.2 Å². The highest BCUT2D eigenvalue weighted by Gasteiger charge is 2.35. The molecule has 0 saturated carbocycles. The molecular formula is C16H23N3O4. The molecule has 1 aromatic heterocycles. The number of Topliss-reactive ketones (excluding diaryl/α,β-unsaturated/α-hetero) is 1. The van der Waals surface area contributed by atoms with Gasteiger partial charge in [-0.3, -0.25) is 9.69 Å². The van der Waals surface area contributed by atoms with E-state index in [1.165, 1.54) is 4.90 Å². The molecular weight excluding hydrogens is 298 g/mol. The van der Waals surface area contributed by atoms with Crippen molar-refractivity contribution in [2.75, 3.05) is 25.5 Å². The molecule has 23 heavy (non-hydrogen) atoms. The van der Waals surface area contributed by atoms with Gasteiger partial charge in [-0.05, 0) is 38.5 Å². The molecule has 2 heterocycles. The van der Waals surface area contributed by atoms with Gasteiger partial charge in [0.25, 0.3) is 0 Å². The van der Waals surface area contributed by atoms with Crippen LogP contribution in [0.25, 0.3) is 0 Å². The number of anilines is 1. The summed E-state index contributed by atoms with van der Waals surface area (Å²) in [6.07, 6.45) is 1.23. The number of nitrogen functional groups attached to an aromatic ring is 1. The van der Waals surface area contributed by atoms with E-state index in [-0.39, 0.29) is 18.8 Å². The minimum absolute atomic E-state index is 0.110. The molecule has 0 aliphatic carbocycles. The van der Waals surface area contributed by atoms with Crippen LogP contribution < -0.4 is 5.73 Å². The van der Waals surface area contributed by atoms with Crippen molar-refractivity contribution in [3.05, 3.63) is 23.9 Å². The topological polar surface area (TPSA) is 94.7 Å². The van der Waals surface area contributed by atoms with Crippen LogP contribution in [0, 0.1) is 0 Å². The number of rotatable bonds is 3. The molecule has 1 amide bonds. The summed E-state index contributed by atoms with van der Waals surface area (Å²) in [5.74, 6) is 0.250. The van der Waals surface area contributed by atoms with Gasteiger partial charge in [0.15, 0.2) is 5.78 Å². The summed E-state index contributed by atoms with van der Waals surface area (Å²) in [6, 6.07) is 2.74. The zero-order valence-corrected chi connectivity index (χ0v) is 13.7. The predicted octanol–water partition coefficient (Wildman–Crippen LogP) is 1.41. The molecule has 0 spiro atoms. The van der Waals surface area contributed by atoms with Crippen LogP contribution in [0.5, 0.6) is 0 Å². The number of amides is 1. The number of nitrogens with zero attached hydrogens (tertiary/aromatic N) is 2. The maximum absolute atomic E-state index is 12.6. The largest absolute Gasteiger partial charge is 0.444 e. The molecule has 0 aromatic carbocycles. The predicted molar refractivity (Wildman–Crippen MR) is 84.9 cm³/mol. The van der Waals surface area contributed by atoms with E-state index in [1.54, 1.807) is 39.1 Å². The molecule has 1 aliphatic rings. The molecule has 0 radical (unpaired) electrons. The third kappa shape index (κ3) is 4.92. The van der Waals surface area contributed by atoms with Crippen LogP contribution in [-0.2, 0) is 20.7 Å². The van der Waals surface area contributed by atoms with Gasteiger partial charge < -0.3 is 15.2 Å². The van der Waals surface area contributed by atoms with E-state index >= 15 is 0 Å². The molecule has 2 N–H and O–H groups in total. The molecule has 1 unspecified atom stereocenters. The number of morpholine rings is 1. The third-order valence-corrected chi connectivity index (χ3v) is 3.35. The summed E-state index contributed by atoms with van der Waals surface area (Å²) in [7, 11) is 0. The zero-order chi connectivity index (χ0) is 17.0. The average molecular weight is 321 g/mol.